The summed E-state index contributed by atoms with van der Waals surface area (Å²) < 4.78 is 0.777. The number of hydrogen-bond acceptors (Lipinski definition) is 6. The van der Waals surface area contributed by atoms with Crippen molar-refractivity contribution in [3.63, 3.8) is 0 Å². The molecule has 2 aromatic heterocycles. The van der Waals surface area contributed by atoms with Gasteiger partial charge < -0.3 is 5.73 Å². The van der Waals surface area contributed by atoms with Crippen LogP contribution in [0.25, 0.3) is 0 Å². The van der Waals surface area contributed by atoms with Crippen LogP contribution in [0.1, 0.15) is 11.4 Å². The maximum atomic E-state index is 5.54. The molecule has 7 heteroatoms. The monoisotopic (exact) mass is 311 g/mol. The lowest BCUT2D eigenvalue weighted by Crippen LogP contribution is -1.97. The Morgan fingerprint density at radius 1 is 1.18 bits per heavy atom. The highest BCUT2D eigenvalue weighted by Crippen LogP contribution is 2.29. The fourth-order valence-electron chi connectivity index (χ4n) is 1.26. The number of nitrogens with two attached hydrogens (primary N) is 1. The van der Waals surface area contributed by atoms with Crippen LogP contribution in [0, 0.1) is 13.8 Å². The number of aryl methyl sites for hydroxylation is 2. The Balaban J connectivity index is 2.34. The molecule has 0 spiro atoms. The van der Waals surface area contributed by atoms with Gasteiger partial charge in [0.1, 0.15) is 5.03 Å². The predicted octanol–water partition coefficient (Wildman–Crippen LogP) is 2.38. The van der Waals surface area contributed by atoms with E-state index in [2.05, 4.69) is 35.9 Å². The van der Waals surface area contributed by atoms with E-state index in [1.165, 1.54) is 11.8 Å². The van der Waals surface area contributed by atoms with Gasteiger partial charge in [-0.15, -0.1) is 0 Å². The molecule has 0 aliphatic heterocycles. The van der Waals surface area contributed by atoms with E-state index in [1.54, 1.807) is 6.20 Å². The van der Waals surface area contributed by atoms with Crippen LogP contribution in [-0.2, 0) is 0 Å². The van der Waals surface area contributed by atoms with Gasteiger partial charge in [0.2, 0.25) is 5.95 Å². The van der Waals surface area contributed by atoms with Crippen LogP contribution in [0.15, 0.2) is 26.9 Å². The highest BCUT2D eigenvalue weighted by Gasteiger charge is 2.08. The number of nitrogens with zero attached hydrogens (tertiary/aromatic N) is 4. The third kappa shape index (κ3) is 3.13. The molecule has 88 valence electrons. The summed E-state index contributed by atoms with van der Waals surface area (Å²) in [4.78, 5) is 16.7. The molecule has 0 bridgehead atoms. The predicted molar refractivity (Wildman–Crippen MR) is 69.8 cm³/mol. The molecule has 0 saturated carbocycles. The van der Waals surface area contributed by atoms with Crippen molar-refractivity contribution in [1.29, 1.82) is 0 Å². The van der Waals surface area contributed by atoms with Gasteiger partial charge in [0, 0.05) is 17.6 Å². The molecule has 2 N–H and O–H groups in total. The van der Waals surface area contributed by atoms with Crippen molar-refractivity contribution in [2.75, 3.05) is 5.73 Å². The average Bonchev–Trinajstić information content (AvgIpc) is 2.22. The van der Waals surface area contributed by atoms with E-state index in [9.17, 15) is 0 Å². The van der Waals surface area contributed by atoms with E-state index < -0.39 is 0 Å². The van der Waals surface area contributed by atoms with Gasteiger partial charge in [-0.1, -0.05) is 0 Å². The standard InChI is InChI=1S/C10H10BrN5S/c1-5-3-6(2)15-10(14-5)17-8-7(11)4-13-9(12)16-8/h3-4H,1-2H3,(H2,12,13,16). The lowest BCUT2D eigenvalue weighted by atomic mass is 10.4. The van der Waals surface area contributed by atoms with E-state index >= 15 is 0 Å². The minimum absolute atomic E-state index is 0.236. The number of aromatic nitrogens is 4. The second-order valence-corrected chi connectivity index (χ2v) is 5.23. The third-order valence-corrected chi connectivity index (χ3v) is 3.59. The minimum Gasteiger partial charge on any atom is -0.368 e. The fourth-order valence-corrected chi connectivity index (χ4v) is 2.54. The van der Waals surface area contributed by atoms with E-state index in [0.717, 1.165) is 15.9 Å². The second-order valence-electron chi connectivity index (χ2n) is 3.42. The first-order valence-corrected chi connectivity index (χ1v) is 6.43. The molecule has 2 heterocycles. The van der Waals surface area contributed by atoms with Crippen molar-refractivity contribution < 1.29 is 0 Å². The molecule has 0 radical (unpaired) electrons. The van der Waals surface area contributed by atoms with E-state index in [1.807, 2.05) is 19.9 Å². The number of halogens is 1. The fraction of sp³-hybridized carbons (Fsp3) is 0.200. The first-order valence-electron chi connectivity index (χ1n) is 4.83. The summed E-state index contributed by atoms with van der Waals surface area (Å²) in [6.07, 6.45) is 1.62. The van der Waals surface area contributed by atoms with Crippen LogP contribution in [0.5, 0.6) is 0 Å². The molecular formula is C10H10BrN5S. The van der Waals surface area contributed by atoms with Gasteiger partial charge in [-0.05, 0) is 47.6 Å². The van der Waals surface area contributed by atoms with Crippen LogP contribution in [0.4, 0.5) is 5.95 Å². The van der Waals surface area contributed by atoms with Crippen LogP contribution >= 0.6 is 27.7 Å². The molecule has 2 aromatic rings. The number of rotatable bonds is 2. The number of nitrogen functional groups attached to an aromatic ring is 1. The first-order chi connectivity index (χ1) is 8.04. The molecule has 0 amide bonds. The molecule has 0 unspecified atom stereocenters. The van der Waals surface area contributed by atoms with Gasteiger partial charge >= 0.3 is 0 Å². The molecule has 0 fully saturated rings. The third-order valence-electron chi connectivity index (χ3n) is 1.88. The van der Waals surface area contributed by atoms with Gasteiger partial charge in [0.05, 0.1) is 4.47 Å². The molecule has 5 nitrogen and oxygen atoms in total. The summed E-state index contributed by atoms with van der Waals surface area (Å²) in [5, 5.41) is 1.36. The largest absolute Gasteiger partial charge is 0.368 e. The Labute approximate surface area is 111 Å². The topological polar surface area (TPSA) is 77.6 Å². The average molecular weight is 312 g/mol. The van der Waals surface area contributed by atoms with Gasteiger partial charge in [-0.25, -0.2) is 19.9 Å². The summed E-state index contributed by atoms with van der Waals surface area (Å²) in [7, 11) is 0. The van der Waals surface area contributed by atoms with Crippen molar-refractivity contribution in [2.45, 2.75) is 24.0 Å². The van der Waals surface area contributed by atoms with E-state index in [-0.39, 0.29) is 5.95 Å². The Morgan fingerprint density at radius 2 is 1.82 bits per heavy atom. The van der Waals surface area contributed by atoms with Crippen molar-refractivity contribution >= 4 is 33.6 Å². The molecule has 17 heavy (non-hydrogen) atoms. The van der Waals surface area contributed by atoms with Gasteiger partial charge in [0.15, 0.2) is 5.16 Å². The van der Waals surface area contributed by atoms with Crippen molar-refractivity contribution in [3.05, 3.63) is 28.1 Å². The summed E-state index contributed by atoms with van der Waals surface area (Å²) in [6.45, 7) is 3.87. The van der Waals surface area contributed by atoms with Crippen LogP contribution in [0.2, 0.25) is 0 Å². The quantitative estimate of drug-likeness (QED) is 0.677. The highest BCUT2D eigenvalue weighted by molar-refractivity contribution is 9.10. The Bertz CT molecular complexity index is 540. The SMILES string of the molecule is Cc1cc(C)nc(Sc2nc(N)ncc2Br)n1. The summed E-state index contributed by atoms with van der Waals surface area (Å²) in [5.74, 6) is 0.236. The molecular weight excluding hydrogens is 302 g/mol. The van der Waals surface area contributed by atoms with E-state index in [4.69, 9.17) is 5.73 Å². The zero-order chi connectivity index (χ0) is 12.4. The van der Waals surface area contributed by atoms with Gasteiger partial charge in [-0.2, -0.15) is 0 Å². The van der Waals surface area contributed by atoms with Crippen molar-refractivity contribution in [3.8, 4) is 0 Å². The second kappa shape index (κ2) is 4.97. The molecule has 2 rings (SSSR count). The Morgan fingerprint density at radius 3 is 2.47 bits per heavy atom. The Kier molecular flexibility index (Phi) is 3.58. The van der Waals surface area contributed by atoms with Crippen molar-refractivity contribution in [2.24, 2.45) is 0 Å². The zero-order valence-corrected chi connectivity index (χ0v) is 11.7. The van der Waals surface area contributed by atoms with Crippen LogP contribution < -0.4 is 5.73 Å². The lowest BCUT2D eigenvalue weighted by Gasteiger charge is -2.04. The maximum absolute atomic E-state index is 5.54. The zero-order valence-electron chi connectivity index (χ0n) is 9.31. The number of hydrogen-bond donors (Lipinski definition) is 1. The Hall–Kier alpha value is -1.21. The molecule has 0 aromatic carbocycles. The molecule has 0 atom stereocenters. The van der Waals surface area contributed by atoms with Gasteiger partial charge in [0.25, 0.3) is 0 Å². The highest BCUT2D eigenvalue weighted by atomic mass is 79.9. The van der Waals surface area contributed by atoms with Crippen LogP contribution in [-0.4, -0.2) is 19.9 Å². The minimum atomic E-state index is 0.236. The van der Waals surface area contributed by atoms with E-state index in [0.29, 0.717) is 10.2 Å². The first kappa shape index (κ1) is 12.3. The number of anilines is 1. The van der Waals surface area contributed by atoms with Gasteiger partial charge in [-0.3, -0.25) is 0 Å². The summed E-state index contributed by atoms with van der Waals surface area (Å²) in [6, 6.07) is 1.92. The summed E-state index contributed by atoms with van der Waals surface area (Å²) in [5.41, 5.74) is 7.40. The maximum Gasteiger partial charge on any atom is 0.221 e. The molecule has 0 aliphatic rings. The normalized spacial score (nSPS) is 10.5. The van der Waals surface area contributed by atoms with Crippen molar-refractivity contribution in [1.82, 2.24) is 19.9 Å². The summed E-state index contributed by atoms with van der Waals surface area (Å²) >= 11 is 4.72. The molecule has 0 aliphatic carbocycles. The molecule has 0 saturated heterocycles. The lowest BCUT2D eigenvalue weighted by molar-refractivity contribution is 0.897. The van der Waals surface area contributed by atoms with Crippen LogP contribution in [0.3, 0.4) is 0 Å². The smallest absolute Gasteiger partial charge is 0.221 e.